The minimum Gasteiger partial charge on any atom is -0.381 e. The van der Waals surface area contributed by atoms with Crippen LogP contribution >= 0.6 is 21.9 Å². The molecular weight excluding hydrogens is 532 g/mol. The van der Waals surface area contributed by atoms with Gasteiger partial charge in [-0.25, -0.2) is 4.98 Å². The number of nitrogens with zero attached hydrogens (tertiary/aromatic N) is 3. The molecule has 3 N–H and O–H groups in total. The van der Waals surface area contributed by atoms with Crippen LogP contribution < -0.4 is 10.2 Å². The molecule has 4 fully saturated rings. The molecule has 0 bridgehead atoms. The molecule has 0 unspecified atom stereocenters. The van der Waals surface area contributed by atoms with Gasteiger partial charge < -0.3 is 15.0 Å². The normalized spacial score (nSPS) is 27.4. The topological polar surface area (TPSA) is 119 Å². The zero-order valence-electron chi connectivity index (χ0n) is 22.3. The number of rotatable bonds is 6. The van der Waals surface area contributed by atoms with Crippen molar-refractivity contribution in [1.82, 2.24) is 10.3 Å². The standard InChI is InChI=1S/C29H38N4O4S2/c30-19-29(11-12-29)32-27(34)24-4-2-1-3-23(24)25-26(38-28(31-25)21-9-15-37-16-10-21)20-5-7-22(8-6-20)33-13-17-39(35,36)18-14-33/h5-8,21,23-24,35-36H,1-4,9-18H2,(H,32,34)/t23-,24-/m1/s1. The lowest BCUT2D eigenvalue weighted by Gasteiger charge is -2.41. The van der Waals surface area contributed by atoms with Gasteiger partial charge in [0.05, 0.1) is 33.2 Å². The molecule has 4 aliphatic rings. The first-order valence-electron chi connectivity index (χ1n) is 14.3. The predicted octanol–water partition coefficient (Wildman–Crippen LogP) is 5.72. The molecule has 10 heteroatoms. The third kappa shape index (κ3) is 5.84. The van der Waals surface area contributed by atoms with Gasteiger partial charge in [0.2, 0.25) is 5.91 Å². The molecule has 2 aromatic rings. The first-order valence-corrected chi connectivity index (χ1v) is 17.0. The van der Waals surface area contributed by atoms with Crippen molar-refractivity contribution in [3.05, 3.63) is 35.0 Å². The second-order valence-corrected chi connectivity index (χ2v) is 15.0. The first kappa shape index (κ1) is 27.0. The highest BCUT2D eigenvalue weighted by Gasteiger charge is 2.47. The molecular formula is C29H38N4O4S2. The van der Waals surface area contributed by atoms with Crippen LogP contribution in [0.4, 0.5) is 5.69 Å². The third-order valence-electron chi connectivity index (χ3n) is 8.89. The number of anilines is 1. The Morgan fingerprint density at radius 1 is 1.10 bits per heavy atom. The summed E-state index contributed by atoms with van der Waals surface area (Å²) in [5.41, 5.74) is 2.59. The summed E-state index contributed by atoms with van der Waals surface area (Å²) in [7, 11) is -2.43. The Morgan fingerprint density at radius 2 is 1.79 bits per heavy atom. The number of amides is 1. The van der Waals surface area contributed by atoms with Crippen molar-refractivity contribution in [3.8, 4) is 16.5 Å². The highest BCUT2D eigenvalue weighted by Crippen LogP contribution is 2.47. The molecule has 1 amide bonds. The minimum atomic E-state index is -2.43. The van der Waals surface area contributed by atoms with E-state index in [0.29, 0.717) is 30.5 Å². The Balaban J connectivity index is 1.30. The summed E-state index contributed by atoms with van der Waals surface area (Å²) >= 11 is 1.77. The van der Waals surface area contributed by atoms with Crippen molar-refractivity contribution in [2.75, 3.05) is 42.7 Å². The van der Waals surface area contributed by atoms with Crippen molar-refractivity contribution in [2.24, 2.45) is 5.92 Å². The van der Waals surface area contributed by atoms with Crippen molar-refractivity contribution < 1.29 is 18.6 Å². The Labute approximate surface area is 236 Å². The van der Waals surface area contributed by atoms with Crippen LogP contribution in [0.15, 0.2) is 24.3 Å². The molecule has 2 atom stereocenters. The number of nitrogens with one attached hydrogen (secondary N) is 1. The number of nitriles is 1. The summed E-state index contributed by atoms with van der Waals surface area (Å²) in [6, 6.07) is 10.9. The van der Waals surface area contributed by atoms with Crippen molar-refractivity contribution >= 4 is 33.5 Å². The van der Waals surface area contributed by atoms with Gasteiger partial charge in [0, 0.05) is 49.7 Å². The van der Waals surface area contributed by atoms with Gasteiger partial charge in [-0.3, -0.25) is 13.9 Å². The van der Waals surface area contributed by atoms with Gasteiger partial charge in [0.1, 0.15) is 5.54 Å². The quantitative estimate of drug-likeness (QED) is 0.406. The Kier molecular flexibility index (Phi) is 7.64. The summed E-state index contributed by atoms with van der Waals surface area (Å²) in [6.45, 7) is 2.80. The van der Waals surface area contributed by atoms with Crippen LogP contribution in [-0.2, 0) is 9.53 Å². The summed E-state index contributed by atoms with van der Waals surface area (Å²) in [4.78, 5) is 22.1. The molecule has 1 aromatic carbocycles. The van der Waals surface area contributed by atoms with Gasteiger partial charge in [0.25, 0.3) is 0 Å². The fourth-order valence-electron chi connectivity index (χ4n) is 6.23. The molecule has 3 heterocycles. The van der Waals surface area contributed by atoms with Crippen molar-refractivity contribution in [3.63, 3.8) is 0 Å². The molecule has 8 nitrogen and oxygen atoms in total. The smallest absolute Gasteiger partial charge is 0.225 e. The van der Waals surface area contributed by atoms with Crippen LogP contribution in [0.3, 0.4) is 0 Å². The molecule has 2 aliphatic carbocycles. The fraction of sp³-hybridized carbons (Fsp3) is 0.621. The van der Waals surface area contributed by atoms with Crippen molar-refractivity contribution in [1.29, 1.82) is 5.26 Å². The number of ether oxygens (including phenoxy) is 1. The number of benzene rings is 1. The Morgan fingerprint density at radius 3 is 2.46 bits per heavy atom. The van der Waals surface area contributed by atoms with Crippen molar-refractivity contribution in [2.45, 2.75) is 68.7 Å². The van der Waals surface area contributed by atoms with E-state index in [2.05, 4.69) is 40.6 Å². The lowest BCUT2D eigenvalue weighted by Crippen LogP contribution is -2.42. The average Bonchev–Trinajstić information content (AvgIpc) is 3.60. The summed E-state index contributed by atoms with van der Waals surface area (Å²) < 4.78 is 25.6. The predicted molar refractivity (Wildman–Crippen MR) is 156 cm³/mol. The molecule has 210 valence electrons. The largest absolute Gasteiger partial charge is 0.381 e. The van der Waals surface area contributed by atoms with E-state index in [1.165, 1.54) is 0 Å². The lowest BCUT2D eigenvalue weighted by atomic mass is 9.76. The second-order valence-electron chi connectivity index (χ2n) is 11.6. The fourth-order valence-corrected chi connectivity index (χ4v) is 8.77. The van der Waals surface area contributed by atoms with Crippen LogP contribution in [0.2, 0.25) is 0 Å². The van der Waals surface area contributed by atoms with E-state index in [-0.39, 0.29) is 17.7 Å². The van der Waals surface area contributed by atoms with E-state index in [1.807, 2.05) is 0 Å². The maximum atomic E-state index is 13.5. The second kappa shape index (κ2) is 11.0. The molecule has 1 aromatic heterocycles. The molecule has 0 spiro atoms. The van der Waals surface area contributed by atoms with Gasteiger partial charge in [-0.1, -0.05) is 25.0 Å². The first-order chi connectivity index (χ1) is 18.9. The molecule has 39 heavy (non-hydrogen) atoms. The van der Waals surface area contributed by atoms with E-state index < -0.39 is 16.1 Å². The highest BCUT2D eigenvalue weighted by molar-refractivity contribution is 8.24. The number of aromatic nitrogens is 1. The summed E-state index contributed by atoms with van der Waals surface area (Å²) in [6.07, 6.45) is 7.28. The Bertz CT molecular complexity index is 1220. The van der Waals surface area contributed by atoms with E-state index >= 15 is 0 Å². The molecule has 6 rings (SSSR count). The highest BCUT2D eigenvalue weighted by atomic mass is 32.3. The number of hydrogen-bond acceptors (Lipinski definition) is 8. The zero-order valence-corrected chi connectivity index (χ0v) is 23.9. The molecule has 2 aliphatic heterocycles. The molecule has 2 saturated carbocycles. The van der Waals surface area contributed by atoms with E-state index in [9.17, 15) is 19.2 Å². The maximum Gasteiger partial charge on any atom is 0.225 e. The SMILES string of the molecule is N#CC1(NC(=O)[C@@H]2CCCC[C@H]2c2nc(C3CCOCC3)sc2-c2ccc(N3CCS(O)(O)CC3)cc2)CC1. The lowest BCUT2D eigenvalue weighted by molar-refractivity contribution is -0.127. The van der Waals surface area contributed by atoms with Crippen LogP contribution in [0, 0.1) is 17.2 Å². The van der Waals surface area contributed by atoms with Crippen LogP contribution in [0.25, 0.3) is 10.4 Å². The molecule has 0 radical (unpaired) electrons. The number of carbonyl (C=O) groups is 1. The third-order valence-corrected chi connectivity index (χ3v) is 11.8. The minimum absolute atomic E-state index is 0.0109. The van der Waals surface area contributed by atoms with Gasteiger partial charge in [-0.15, -0.1) is 11.3 Å². The number of thiazole rings is 1. The van der Waals surface area contributed by atoms with E-state index in [1.54, 1.807) is 11.3 Å². The number of hydrogen-bond donors (Lipinski definition) is 3. The molecule has 2 saturated heterocycles. The summed E-state index contributed by atoms with van der Waals surface area (Å²) in [5.74, 6) is 1.10. The summed E-state index contributed by atoms with van der Waals surface area (Å²) in [5, 5.41) is 13.8. The monoisotopic (exact) mass is 570 g/mol. The number of carbonyl (C=O) groups excluding carboxylic acids is 1. The Hall–Kier alpha value is -2.16. The zero-order chi connectivity index (χ0) is 27.0. The van der Waals surface area contributed by atoms with Crippen LogP contribution in [0.5, 0.6) is 0 Å². The van der Waals surface area contributed by atoms with E-state index in [4.69, 9.17) is 9.72 Å². The van der Waals surface area contributed by atoms with Crippen LogP contribution in [0.1, 0.15) is 73.9 Å². The van der Waals surface area contributed by atoms with E-state index in [0.717, 1.165) is 91.4 Å². The van der Waals surface area contributed by atoms with Gasteiger partial charge in [-0.2, -0.15) is 15.9 Å². The van der Waals surface area contributed by atoms with Gasteiger partial charge in [-0.05, 0) is 56.2 Å². The maximum absolute atomic E-state index is 13.5. The average molecular weight is 571 g/mol. The van der Waals surface area contributed by atoms with Gasteiger partial charge >= 0.3 is 0 Å². The van der Waals surface area contributed by atoms with Gasteiger partial charge in [0.15, 0.2) is 0 Å². The van der Waals surface area contributed by atoms with Crippen LogP contribution in [-0.4, -0.2) is 63.3 Å².